The highest BCUT2D eigenvalue weighted by molar-refractivity contribution is 5.76. The predicted octanol–water partition coefficient (Wildman–Crippen LogP) is 3.52. The van der Waals surface area contributed by atoms with Crippen molar-refractivity contribution in [2.45, 2.75) is 33.6 Å². The minimum Gasteiger partial charge on any atom is -0.466 e. The molecule has 0 saturated carbocycles. The summed E-state index contributed by atoms with van der Waals surface area (Å²) in [6, 6.07) is 5.73. The number of carbonyl (C=O) groups excluding carboxylic acids is 1. The van der Waals surface area contributed by atoms with Gasteiger partial charge in [0.1, 0.15) is 6.33 Å². The van der Waals surface area contributed by atoms with E-state index < -0.39 is 4.92 Å². The Morgan fingerprint density at radius 3 is 2.62 bits per heavy atom. The molecular formula is C20H25N5O4. The molecule has 0 unspecified atom stereocenters. The van der Waals surface area contributed by atoms with Crippen LogP contribution in [-0.2, 0) is 9.53 Å². The first kappa shape index (κ1) is 20.5. The van der Waals surface area contributed by atoms with Crippen molar-refractivity contribution in [1.82, 2.24) is 9.97 Å². The minimum absolute atomic E-state index is 0.149. The van der Waals surface area contributed by atoms with Gasteiger partial charge in [-0.3, -0.25) is 14.9 Å². The Bertz CT molecular complexity index is 910. The van der Waals surface area contributed by atoms with E-state index in [-0.39, 0.29) is 29.2 Å². The number of rotatable bonds is 6. The van der Waals surface area contributed by atoms with Crippen LogP contribution in [0.3, 0.4) is 0 Å². The lowest BCUT2D eigenvalue weighted by Crippen LogP contribution is -2.37. The molecule has 3 rings (SSSR count). The molecule has 1 aliphatic rings. The number of aromatic nitrogens is 2. The zero-order valence-corrected chi connectivity index (χ0v) is 16.8. The van der Waals surface area contributed by atoms with Crippen LogP contribution in [0.5, 0.6) is 0 Å². The Kier molecular flexibility index (Phi) is 6.26. The molecule has 9 heteroatoms. The highest BCUT2D eigenvalue weighted by Gasteiger charge is 2.32. The Hall–Kier alpha value is -3.23. The first-order chi connectivity index (χ1) is 13.9. The van der Waals surface area contributed by atoms with E-state index in [1.165, 1.54) is 6.33 Å². The Morgan fingerprint density at radius 1 is 1.28 bits per heavy atom. The van der Waals surface area contributed by atoms with Gasteiger partial charge in [-0.1, -0.05) is 6.07 Å². The van der Waals surface area contributed by atoms with Crippen LogP contribution in [0.1, 0.15) is 30.9 Å². The molecule has 0 aliphatic carbocycles. The van der Waals surface area contributed by atoms with Crippen molar-refractivity contribution in [3.63, 3.8) is 0 Å². The summed E-state index contributed by atoms with van der Waals surface area (Å²) < 4.78 is 5.09. The lowest BCUT2D eigenvalue weighted by Gasteiger charge is -2.31. The molecule has 1 aromatic carbocycles. The summed E-state index contributed by atoms with van der Waals surface area (Å²) in [6.07, 6.45) is 2.46. The molecule has 0 bridgehead atoms. The summed E-state index contributed by atoms with van der Waals surface area (Å²) in [6.45, 7) is 7.10. The number of carbonyl (C=O) groups is 1. The van der Waals surface area contributed by atoms with Gasteiger partial charge in [0.25, 0.3) is 0 Å². The molecule has 1 N–H and O–H groups in total. The molecule has 2 heterocycles. The van der Waals surface area contributed by atoms with Gasteiger partial charge in [-0.2, -0.15) is 0 Å². The molecule has 9 nitrogen and oxygen atoms in total. The van der Waals surface area contributed by atoms with E-state index in [1.807, 2.05) is 36.9 Å². The van der Waals surface area contributed by atoms with Crippen molar-refractivity contribution in [2.75, 3.05) is 29.9 Å². The molecule has 1 aliphatic heterocycles. The van der Waals surface area contributed by atoms with Crippen LogP contribution in [0, 0.1) is 29.9 Å². The monoisotopic (exact) mass is 399 g/mol. The lowest BCUT2D eigenvalue weighted by atomic mass is 9.97. The molecule has 1 fully saturated rings. The van der Waals surface area contributed by atoms with Crippen LogP contribution in [0.4, 0.5) is 23.0 Å². The van der Waals surface area contributed by atoms with Crippen LogP contribution >= 0.6 is 0 Å². The Morgan fingerprint density at radius 2 is 2.00 bits per heavy atom. The number of nitrogens with one attached hydrogen (secondary N) is 1. The fourth-order valence-electron chi connectivity index (χ4n) is 3.40. The van der Waals surface area contributed by atoms with Gasteiger partial charge in [-0.05, 0) is 56.9 Å². The standard InChI is InChI=1S/C20H25N5O4/c1-4-29-20(26)15-7-9-24(10-8-15)19-17(25(27)28)18(21-12-22-19)23-16-6-5-13(2)14(3)11-16/h5-6,11-12,15H,4,7-10H2,1-3H3,(H,21,22,23). The third-order valence-electron chi connectivity index (χ3n) is 5.17. The molecule has 0 amide bonds. The van der Waals surface area contributed by atoms with E-state index in [0.717, 1.165) is 16.8 Å². The van der Waals surface area contributed by atoms with E-state index in [2.05, 4.69) is 15.3 Å². The zero-order valence-electron chi connectivity index (χ0n) is 16.8. The highest BCUT2D eigenvalue weighted by atomic mass is 16.6. The van der Waals surface area contributed by atoms with Crippen molar-refractivity contribution in [1.29, 1.82) is 0 Å². The van der Waals surface area contributed by atoms with Crippen molar-refractivity contribution in [3.8, 4) is 0 Å². The molecule has 0 spiro atoms. The van der Waals surface area contributed by atoms with Gasteiger partial charge in [-0.25, -0.2) is 9.97 Å². The second-order valence-electron chi connectivity index (χ2n) is 7.09. The second-order valence-corrected chi connectivity index (χ2v) is 7.09. The van der Waals surface area contributed by atoms with Crippen LogP contribution in [0.15, 0.2) is 24.5 Å². The number of benzene rings is 1. The fourth-order valence-corrected chi connectivity index (χ4v) is 3.40. The molecule has 1 aromatic heterocycles. The topological polar surface area (TPSA) is 110 Å². The number of anilines is 3. The minimum atomic E-state index is -0.462. The molecule has 29 heavy (non-hydrogen) atoms. The highest BCUT2D eigenvalue weighted by Crippen LogP contribution is 2.35. The van der Waals surface area contributed by atoms with E-state index in [4.69, 9.17) is 4.74 Å². The summed E-state index contributed by atoms with van der Waals surface area (Å²) >= 11 is 0. The van der Waals surface area contributed by atoms with E-state index >= 15 is 0 Å². The van der Waals surface area contributed by atoms with Crippen LogP contribution in [-0.4, -0.2) is 40.6 Å². The average molecular weight is 399 g/mol. The molecule has 0 atom stereocenters. The molecule has 154 valence electrons. The number of hydrogen-bond donors (Lipinski definition) is 1. The normalized spacial score (nSPS) is 14.5. The number of esters is 1. The number of hydrogen-bond acceptors (Lipinski definition) is 8. The third kappa shape index (κ3) is 4.61. The largest absolute Gasteiger partial charge is 0.466 e. The SMILES string of the molecule is CCOC(=O)C1CCN(c2ncnc(Nc3ccc(C)c(C)c3)c2[N+](=O)[O-])CC1. The number of nitro groups is 1. The summed E-state index contributed by atoms with van der Waals surface area (Å²) in [5, 5.41) is 14.9. The number of ether oxygens (including phenoxy) is 1. The average Bonchev–Trinajstić information content (AvgIpc) is 2.71. The summed E-state index contributed by atoms with van der Waals surface area (Å²) in [5.41, 5.74) is 2.77. The molecule has 1 saturated heterocycles. The van der Waals surface area contributed by atoms with Gasteiger partial charge >= 0.3 is 11.7 Å². The summed E-state index contributed by atoms with van der Waals surface area (Å²) in [7, 11) is 0. The van der Waals surface area contributed by atoms with Crippen LogP contribution in [0.2, 0.25) is 0 Å². The Balaban J connectivity index is 1.83. The quantitative estimate of drug-likeness (QED) is 0.446. The van der Waals surface area contributed by atoms with Gasteiger partial charge in [0.05, 0.1) is 17.4 Å². The zero-order chi connectivity index (χ0) is 21.0. The van der Waals surface area contributed by atoms with Crippen molar-refractivity contribution >= 4 is 29.0 Å². The second kappa shape index (κ2) is 8.85. The maximum absolute atomic E-state index is 11.9. The molecular weight excluding hydrogens is 374 g/mol. The number of nitrogens with zero attached hydrogens (tertiary/aromatic N) is 4. The van der Waals surface area contributed by atoms with Crippen molar-refractivity contribution in [3.05, 3.63) is 45.8 Å². The lowest BCUT2D eigenvalue weighted by molar-refractivity contribution is -0.383. The summed E-state index contributed by atoms with van der Waals surface area (Å²) in [4.78, 5) is 33.4. The van der Waals surface area contributed by atoms with E-state index in [0.29, 0.717) is 32.5 Å². The Labute approximate surface area is 169 Å². The maximum atomic E-state index is 11.9. The predicted molar refractivity (Wildman–Crippen MR) is 109 cm³/mol. The third-order valence-corrected chi connectivity index (χ3v) is 5.17. The number of aryl methyl sites for hydroxylation is 2. The van der Waals surface area contributed by atoms with Gasteiger partial charge in [-0.15, -0.1) is 0 Å². The van der Waals surface area contributed by atoms with Gasteiger partial charge < -0.3 is 15.0 Å². The van der Waals surface area contributed by atoms with Crippen molar-refractivity contribution < 1.29 is 14.5 Å². The van der Waals surface area contributed by atoms with Gasteiger partial charge in [0.15, 0.2) is 0 Å². The van der Waals surface area contributed by atoms with Crippen LogP contribution < -0.4 is 10.2 Å². The van der Waals surface area contributed by atoms with Gasteiger partial charge in [0.2, 0.25) is 11.6 Å². The molecule has 0 radical (unpaired) electrons. The summed E-state index contributed by atoms with van der Waals surface area (Å²) in [5.74, 6) is 0.0241. The molecule has 2 aromatic rings. The number of piperidine rings is 1. The van der Waals surface area contributed by atoms with E-state index in [1.54, 1.807) is 6.92 Å². The fraction of sp³-hybridized carbons (Fsp3) is 0.450. The smallest absolute Gasteiger partial charge is 0.353 e. The van der Waals surface area contributed by atoms with Crippen LogP contribution in [0.25, 0.3) is 0 Å². The van der Waals surface area contributed by atoms with Gasteiger partial charge in [0, 0.05) is 18.8 Å². The van der Waals surface area contributed by atoms with Crippen molar-refractivity contribution in [2.24, 2.45) is 5.92 Å². The first-order valence-corrected chi connectivity index (χ1v) is 9.66. The first-order valence-electron chi connectivity index (χ1n) is 9.66. The maximum Gasteiger partial charge on any atom is 0.353 e. The van der Waals surface area contributed by atoms with E-state index in [9.17, 15) is 14.9 Å².